The molecule has 0 aromatic carbocycles. The second-order valence-corrected chi connectivity index (χ2v) is 7.54. The number of ketones is 1. The number of allylic oxidation sites excluding steroid dienone is 3. The van der Waals surface area contributed by atoms with Gasteiger partial charge in [-0.3, -0.25) is 9.36 Å². The van der Waals surface area contributed by atoms with Gasteiger partial charge in [-0.05, 0) is 30.5 Å². The van der Waals surface area contributed by atoms with E-state index in [4.69, 9.17) is 25.1 Å². The van der Waals surface area contributed by atoms with Crippen LogP contribution in [-0.2, 0) is 17.3 Å². The Bertz CT molecular complexity index is 488. The fourth-order valence-corrected chi connectivity index (χ4v) is 5.96. The van der Waals surface area contributed by atoms with Crippen molar-refractivity contribution in [2.45, 2.75) is 12.1 Å². The third-order valence-electron chi connectivity index (χ3n) is 2.42. The molecule has 0 spiro atoms. The van der Waals surface area contributed by atoms with E-state index in [1.165, 1.54) is 0 Å². The number of nitrogens with zero attached hydrogens (tertiary/aromatic N) is 1. The average molecular weight is 357 g/mol. The van der Waals surface area contributed by atoms with Gasteiger partial charge < -0.3 is 0 Å². The molecule has 0 aromatic heterocycles. The van der Waals surface area contributed by atoms with Crippen LogP contribution in [0.2, 0.25) is 0 Å². The predicted octanol–water partition coefficient (Wildman–Crippen LogP) is 4.19. The van der Waals surface area contributed by atoms with Crippen LogP contribution in [0.4, 0.5) is 0 Å². The maximum absolute atomic E-state index is 12.8. The number of rotatable bonds is 8. The first-order valence-electron chi connectivity index (χ1n) is 5.46. The number of halogens is 1. The van der Waals surface area contributed by atoms with Crippen molar-refractivity contribution in [2.24, 2.45) is 5.11 Å². The molecule has 0 saturated heterocycles. The predicted molar refractivity (Wildman–Crippen MR) is 82.3 cm³/mol. The van der Waals surface area contributed by atoms with Crippen LogP contribution in [0.1, 0.15) is 6.42 Å². The van der Waals surface area contributed by atoms with Crippen LogP contribution < -0.4 is 0 Å². The molecular weight excluding hydrogens is 343 g/mol. The Morgan fingerprint density at radius 2 is 2.10 bits per heavy atom. The summed E-state index contributed by atoms with van der Waals surface area (Å²) in [5.41, 5.74) is 6.03. The van der Waals surface area contributed by atoms with Gasteiger partial charge in [-0.15, -0.1) is 0 Å². The Hall–Kier alpha value is -0.110. The van der Waals surface area contributed by atoms with E-state index >= 15 is 0 Å². The molecule has 1 unspecified atom stereocenters. The number of Topliss-reactive ketones (excluding diaryl/α,β-unsaturated/α-hetero) is 1. The second kappa shape index (κ2) is 8.36. The Kier molecular flexibility index (Phi) is 7.50. The van der Waals surface area contributed by atoms with E-state index < -0.39 is 19.0 Å². The summed E-state index contributed by atoms with van der Waals surface area (Å²) in [5.74, 6) is -0.411. The van der Waals surface area contributed by atoms with Crippen molar-refractivity contribution in [3.8, 4) is 0 Å². The molecule has 1 atom stereocenters. The first-order chi connectivity index (χ1) is 9.50. The molecule has 1 rings (SSSR count). The molecular formula is C10H14ClN2O4PS2. The summed E-state index contributed by atoms with van der Waals surface area (Å²) < 4.78 is 23.2. The molecule has 0 amide bonds. The Balaban J connectivity index is 3.18. The van der Waals surface area contributed by atoms with E-state index in [1.54, 1.807) is 24.7 Å². The number of carbonyl (C=O) groups excluding carboxylic acids is 1. The van der Waals surface area contributed by atoms with Crippen LogP contribution in [0.3, 0.4) is 0 Å². The van der Waals surface area contributed by atoms with Crippen molar-refractivity contribution in [3.63, 3.8) is 0 Å². The van der Waals surface area contributed by atoms with Crippen molar-refractivity contribution >= 4 is 49.1 Å². The number of hydrogen-bond acceptors (Lipinski definition) is 8. The monoisotopic (exact) mass is 356 g/mol. The second-order valence-electron chi connectivity index (χ2n) is 3.65. The molecule has 6 nitrogen and oxygen atoms in total. The van der Waals surface area contributed by atoms with Crippen molar-refractivity contribution in [3.05, 3.63) is 22.8 Å². The topological polar surface area (TPSA) is 88.8 Å². The smallest absolute Gasteiger partial charge is 0.292 e. The third kappa shape index (κ3) is 4.19. The van der Waals surface area contributed by atoms with Crippen LogP contribution in [0.25, 0.3) is 0 Å². The van der Waals surface area contributed by atoms with Crippen LogP contribution in [-0.4, -0.2) is 30.5 Å². The van der Waals surface area contributed by atoms with Gasteiger partial charge in [-0.25, -0.2) is 13.5 Å². The van der Waals surface area contributed by atoms with Crippen molar-refractivity contribution in [2.75, 3.05) is 19.1 Å². The molecule has 0 fully saturated rings. The summed E-state index contributed by atoms with van der Waals surface area (Å²) in [6.07, 6.45) is 6.92. The summed E-state index contributed by atoms with van der Waals surface area (Å²) >= 11 is 7.89. The summed E-state index contributed by atoms with van der Waals surface area (Å²) in [5, 5.41) is 3.30. The van der Waals surface area contributed by atoms with E-state index in [9.17, 15) is 9.36 Å². The lowest BCUT2D eigenvalue weighted by atomic mass is 10.0. The van der Waals surface area contributed by atoms with Crippen LogP contribution in [0.5, 0.6) is 0 Å². The van der Waals surface area contributed by atoms with E-state index in [-0.39, 0.29) is 17.2 Å². The zero-order chi connectivity index (χ0) is 15.2. The molecule has 0 radical (unpaired) electrons. The highest BCUT2D eigenvalue weighted by molar-refractivity contribution is 8.01. The van der Waals surface area contributed by atoms with Crippen molar-refractivity contribution in [1.82, 2.24) is 0 Å². The maximum atomic E-state index is 12.8. The van der Waals surface area contributed by atoms with Gasteiger partial charge >= 0.3 is 7.60 Å². The number of carbonyl (C=O) groups is 1. The van der Waals surface area contributed by atoms with Crippen LogP contribution in [0.15, 0.2) is 27.9 Å². The highest BCUT2D eigenvalue weighted by Crippen LogP contribution is 2.63. The van der Waals surface area contributed by atoms with Crippen LogP contribution >= 0.6 is 43.3 Å². The fourth-order valence-electron chi connectivity index (χ4n) is 1.73. The first kappa shape index (κ1) is 17.9. The lowest BCUT2D eigenvalue weighted by Crippen LogP contribution is -2.23. The molecule has 1 aliphatic carbocycles. The Labute approximate surface area is 131 Å². The van der Waals surface area contributed by atoms with Crippen LogP contribution in [0, 0.1) is 5.53 Å². The summed E-state index contributed by atoms with van der Waals surface area (Å²) in [6, 6.07) is 0. The minimum atomic E-state index is -3.65. The Morgan fingerprint density at radius 3 is 2.60 bits per heavy atom. The fraction of sp³-hybridized carbons (Fsp3) is 0.500. The molecule has 0 heterocycles. The van der Waals surface area contributed by atoms with E-state index in [0.29, 0.717) is 6.42 Å². The van der Waals surface area contributed by atoms with E-state index in [2.05, 4.69) is 5.11 Å². The largest absolute Gasteiger partial charge is 0.365 e. The van der Waals surface area contributed by atoms with Gasteiger partial charge in [0.25, 0.3) is 0 Å². The lowest BCUT2D eigenvalue weighted by Gasteiger charge is -2.27. The average Bonchev–Trinajstić information content (AvgIpc) is 2.39. The lowest BCUT2D eigenvalue weighted by molar-refractivity contribution is -0.114. The van der Waals surface area contributed by atoms with Gasteiger partial charge in [0, 0.05) is 23.1 Å². The molecule has 1 aliphatic rings. The van der Waals surface area contributed by atoms with Gasteiger partial charge in [0.2, 0.25) is 0 Å². The molecule has 0 aliphatic heterocycles. The molecule has 0 saturated carbocycles. The summed E-state index contributed by atoms with van der Waals surface area (Å²) in [6.45, 7) is -0.314. The minimum Gasteiger partial charge on any atom is -0.292 e. The van der Waals surface area contributed by atoms with Crippen molar-refractivity contribution < 1.29 is 17.3 Å². The molecule has 1 N–H and O–H groups in total. The summed E-state index contributed by atoms with van der Waals surface area (Å²) in [4.78, 5) is 12.0. The molecule has 10 heteroatoms. The van der Waals surface area contributed by atoms with Gasteiger partial charge in [0.05, 0.1) is 0 Å². The first-order valence-corrected chi connectivity index (χ1v) is 9.75. The molecule has 112 valence electrons. The molecule has 20 heavy (non-hydrogen) atoms. The van der Waals surface area contributed by atoms with E-state index in [0.717, 1.165) is 24.1 Å². The Morgan fingerprint density at radius 1 is 1.50 bits per heavy atom. The zero-order valence-corrected chi connectivity index (χ0v) is 14.2. The number of hydrogen-bond donors (Lipinski definition) is 1. The van der Waals surface area contributed by atoms with Gasteiger partial charge in [0.15, 0.2) is 5.78 Å². The molecule has 0 bridgehead atoms. The zero-order valence-electron chi connectivity index (χ0n) is 10.9. The van der Waals surface area contributed by atoms with Gasteiger partial charge in [-0.1, -0.05) is 23.8 Å². The normalized spacial score (nSPS) is 19.2. The standard InChI is InChI=1S/C10H14ClN2O4PS2/c1-19-16-18(15,17-20-2)10-7(9(14)6-13-12)4-3-5-8(10)11/h4-5,10,12H,3,6H2,1-2H3. The molecule has 0 aromatic rings. The number of nitrogens with one attached hydrogen (secondary N) is 1. The van der Waals surface area contributed by atoms with Gasteiger partial charge in [0.1, 0.15) is 12.2 Å². The maximum Gasteiger partial charge on any atom is 0.365 e. The van der Waals surface area contributed by atoms with Gasteiger partial charge in [-0.2, -0.15) is 5.11 Å². The SMILES string of the molecule is CSOP(=O)(OSC)C1C(Cl)=CCC=C1C(=O)CN=N. The minimum absolute atomic E-state index is 0.222. The quantitative estimate of drug-likeness (QED) is 0.398. The van der Waals surface area contributed by atoms with E-state index in [1.807, 2.05) is 0 Å². The highest BCUT2D eigenvalue weighted by atomic mass is 35.5. The van der Waals surface area contributed by atoms with Crippen molar-refractivity contribution in [1.29, 1.82) is 5.53 Å². The summed E-state index contributed by atoms with van der Waals surface area (Å²) in [7, 11) is -3.65. The third-order valence-corrected chi connectivity index (χ3v) is 6.99. The highest BCUT2D eigenvalue weighted by Gasteiger charge is 2.44.